The molecule has 146 valence electrons. The molecular weight excluding hydrogens is 318 g/mol. The van der Waals surface area contributed by atoms with Gasteiger partial charge in [-0.15, -0.1) is 0 Å². The van der Waals surface area contributed by atoms with Gasteiger partial charge >= 0.3 is 6.09 Å². The molecule has 1 fully saturated rings. The van der Waals surface area contributed by atoms with Crippen LogP contribution in [0.25, 0.3) is 0 Å². The monoisotopic (exact) mass is 355 g/mol. The second-order valence-electron chi connectivity index (χ2n) is 7.33. The third kappa shape index (κ3) is 10.9. The predicted octanol–water partition coefficient (Wildman–Crippen LogP) is 1.94. The van der Waals surface area contributed by atoms with Crippen LogP contribution >= 0.6 is 0 Å². The number of aliphatic imine (C=N–C) groups is 1. The Balaban J connectivity index is 2.20. The van der Waals surface area contributed by atoms with Gasteiger partial charge in [-0.05, 0) is 53.5 Å². The smallest absolute Gasteiger partial charge is 0.407 e. The minimum Gasteiger partial charge on any atom is -0.444 e. The molecule has 0 spiro atoms. The Kier molecular flexibility index (Phi) is 9.63. The van der Waals surface area contributed by atoms with E-state index >= 15 is 0 Å². The van der Waals surface area contributed by atoms with Gasteiger partial charge in [0.1, 0.15) is 5.60 Å². The highest BCUT2D eigenvalue weighted by atomic mass is 16.6. The molecule has 1 aliphatic carbocycles. The van der Waals surface area contributed by atoms with Gasteiger partial charge in [-0.25, -0.2) is 4.79 Å². The highest BCUT2D eigenvalue weighted by Gasteiger charge is 2.27. The molecule has 0 aromatic carbocycles. The molecule has 0 saturated heterocycles. The number of nitrogens with zero attached hydrogens (tertiary/aromatic N) is 2. The topological polar surface area (TPSA) is 78.0 Å². The number of guanidine groups is 1. The third-order valence-electron chi connectivity index (χ3n) is 3.78. The van der Waals surface area contributed by atoms with Gasteiger partial charge in [0.05, 0.1) is 0 Å². The molecule has 0 aromatic rings. The van der Waals surface area contributed by atoms with E-state index < -0.39 is 5.60 Å². The number of hydrogen-bond acceptors (Lipinski definition) is 4. The van der Waals surface area contributed by atoms with Gasteiger partial charge in [-0.2, -0.15) is 0 Å². The van der Waals surface area contributed by atoms with Crippen LogP contribution in [0.15, 0.2) is 4.99 Å². The van der Waals surface area contributed by atoms with Crippen molar-refractivity contribution < 1.29 is 9.53 Å². The molecule has 1 aliphatic rings. The summed E-state index contributed by atoms with van der Waals surface area (Å²) in [5.74, 6) is 0.839. The lowest BCUT2D eigenvalue weighted by atomic mass is 10.2. The quantitative estimate of drug-likeness (QED) is 0.317. The second kappa shape index (κ2) is 11.2. The van der Waals surface area contributed by atoms with E-state index in [-0.39, 0.29) is 6.09 Å². The maximum Gasteiger partial charge on any atom is 0.407 e. The summed E-state index contributed by atoms with van der Waals surface area (Å²) in [6.07, 6.45) is 3.08. The van der Waals surface area contributed by atoms with Gasteiger partial charge in [0.15, 0.2) is 5.96 Å². The summed E-state index contributed by atoms with van der Waals surface area (Å²) >= 11 is 0. The summed E-state index contributed by atoms with van der Waals surface area (Å²) in [6.45, 7) is 14.9. The van der Waals surface area contributed by atoms with Crippen molar-refractivity contribution in [2.45, 2.75) is 65.5 Å². The molecule has 0 bridgehead atoms. The molecule has 7 nitrogen and oxygen atoms in total. The van der Waals surface area contributed by atoms with Crippen molar-refractivity contribution in [1.29, 1.82) is 0 Å². The highest BCUT2D eigenvalue weighted by Crippen LogP contribution is 2.25. The fraction of sp³-hybridized carbons (Fsp3) is 0.889. The van der Waals surface area contributed by atoms with Crippen molar-refractivity contribution in [3.8, 4) is 0 Å². The largest absolute Gasteiger partial charge is 0.444 e. The van der Waals surface area contributed by atoms with E-state index in [1.54, 1.807) is 0 Å². The highest BCUT2D eigenvalue weighted by molar-refractivity contribution is 5.79. The van der Waals surface area contributed by atoms with Crippen LogP contribution in [0.3, 0.4) is 0 Å². The first-order valence-electron chi connectivity index (χ1n) is 9.58. The first-order valence-corrected chi connectivity index (χ1v) is 9.58. The maximum atomic E-state index is 11.6. The number of alkyl carbamates (subject to hydrolysis) is 1. The lowest BCUT2D eigenvalue weighted by Crippen LogP contribution is -2.42. The van der Waals surface area contributed by atoms with E-state index in [0.29, 0.717) is 13.1 Å². The van der Waals surface area contributed by atoms with Crippen molar-refractivity contribution in [3.05, 3.63) is 0 Å². The van der Waals surface area contributed by atoms with Crippen LogP contribution in [0.2, 0.25) is 0 Å². The Hall–Kier alpha value is -1.50. The normalized spacial score (nSPS) is 15.2. The van der Waals surface area contributed by atoms with E-state index in [1.165, 1.54) is 12.8 Å². The number of amides is 1. The Labute approximate surface area is 153 Å². The van der Waals surface area contributed by atoms with Gasteiger partial charge in [0, 0.05) is 38.8 Å². The Morgan fingerprint density at radius 1 is 1.16 bits per heavy atom. The molecule has 0 heterocycles. The van der Waals surface area contributed by atoms with Crippen LogP contribution in [0.5, 0.6) is 0 Å². The number of ether oxygens (including phenoxy) is 1. The fourth-order valence-electron chi connectivity index (χ4n) is 2.47. The molecule has 7 heteroatoms. The first kappa shape index (κ1) is 21.5. The lowest BCUT2D eigenvalue weighted by Gasteiger charge is -2.20. The number of carbonyl (C=O) groups is 1. The van der Waals surface area contributed by atoms with E-state index in [9.17, 15) is 4.79 Å². The van der Waals surface area contributed by atoms with Gasteiger partial charge in [-0.3, -0.25) is 9.89 Å². The Bertz CT molecular complexity index is 416. The molecule has 0 atom stereocenters. The first-order chi connectivity index (χ1) is 11.9. The summed E-state index contributed by atoms with van der Waals surface area (Å²) in [6, 6.07) is 0.797. The standard InChI is InChI=1S/C18H37N5O2/c1-6-19-16(21-13-14-23(7-2)15-9-10-15)20-11-8-12-22-17(24)25-18(3,4)5/h15H,6-14H2,1-5H3,(H,22,24)(H2,19,20,21). The molecule has 0 radical (unpaired) electrons. The Morgan fingerprint density at radius 3 is 2.44 bits per heavy atom. The number of carbonyl (C=O) groups excluding carboxylic acids is 1. The van der Waals surface area contributed by atoms with Crippen molar-refractivity contribution in [1.82, 2.24) is 20.9 Å². The summed E-state index contributed by atoms with van der Waals surface area (Å²) < 4.78 is 5.20. The van der Waals surface area contributed by atoms with Crippen molar-refractivity contribution >= 4 is 12.1 Å². The van der Waals surface area contributed by atoms with Crippen LogP contribution in [0, 0.1) is 0 Å². The summed E-state index contributed by atoms with van der Waals surface area (Å²) in [5.41, 5.74) is -0.461. The Morgan fingerprint density at radius 2 is 1.88 bits per heavy atom. The van der Waals surface area contributed by atoms with Crippen LogP contribution in [0.4, 0.5) is 4.79 Å². The van der Waals surface area contributed by atoms with E-state index in [4.69, 9.17) is 4.74 Å². The minimum absolute atomic E-state index is 0.374. The van der Waals surface area contributed by atoms with Crippen molar-refractivity contribution in [2.75, 3.05) is 39.3 Å². The minimum atomic E-state index is -0.461. The lowest BCUT2D eigenvalue weighted by molar-refractivity contribution is 0.0527. The molecule has 0 unspecified atom stereocenters. The molecule has 1 saturated carbocycles. The third-order valence-corrected chi connectivity index (χ3v) is 3.78. The van der Waals surface area contributed by atoms with Gasteiger partial charge in [0.25, 0.3) is 0 Å². The van der Waals surface area contributed by atoms with Crippen LogP contribution in [0.1, 0.15) is 53.9 Å². The molecule has 1 amide bonds. The molecule has 25 heavy (non-hydrogen) atoms. The van der Waals surface area contributed by atoms with E-state index in [2.05, 4.69) is 39.7 Å². The van der Waals surface area contributed by atoms with Gasteiger partial charge < -0.3 is 20.7 Å². The molecule has 0 aliphatic heterocycles. The average Bonchev–Trinajstić information content (AvgIpc) is 3.34. The summed E-state index contributed by atoms with van der Waals surface area (Å²) in [7, 11) is 0. The van der Waals surface area contributed by atoms with Crippen LogP contribution in [-0.2, 0) is 4.74 Å². The van der Waals surface area contributed by atoms with Gasteiger partial charge in [-0.1, -0.05) is 6.92 Å². The zero-order chi connectivity index (χ0) is 18.7. The molecule has 3 N–H and O–H groups in total. The fourth-order valence-corrected chi connectivity index (χ4v) is 2.47. The second-order valence-corrected chi connectivity index (χ2v) is 7.33. The average molecular weight is 356 g/mol. The molecular formula is C18H37N5O2. The predicted molar refractivity (Wildman–Crippen MR) is 103 cm³/mol. The van der Waals surface area contributed by atoms with Crippen molar-refractivity contribution in [2.24, 2.45) is 4.99 Å². The van der Waals surface area contributed by atoms with Crippen molar-refractivity contribution in [3.63, 3.8) is 0 Å². The number of rotatable bonds is 10. The number of likely N-dealkylation sites (N-methyl/N-ethyl adjacent to an activating group) is 1. The van der Waals surface area contributed by atoms with E-state index in [0.717, 1.165) is 44.6 Å². The SMILES string of the molecule is CCNC(=NCCCNC(=O)OC(C)(C)C)NCCN(CC)C1CC1. The summed E-state index contributed by atoms with van der Waals surface area (Å²) in [5, 5.41) is 9.39. The van der Waals surface area contributed by atoms with Crippen LogP contribution in [-0.4, -0.2) is 67.9 Å². The maximum absolute atomic E-state index is 11.6. The zero-order valence-corrected chi connectivity index (χ0v) is 16.7. The number of nitrogens with one attached hydrogen (secondary N) is 3. The summed E-state index contributed by atoms with van der Waals surface area (Å²) in [4.78, 5) is 18.6. The molecule has 0 aromatic heterocycles. The van der Waals surface area contributed by atoms with Gasteiger partial charge in [0.2, 0.25) is 0 Å². The van der Waals surface area contributed by atoms with Crippen LogP contribution < -0.4 is 16.0 Å². The molecule has 1 rings (SSSR count). The zero-order valence-electron chi connectivity index (χ0n) is 16.7. The van der Waals surface area contributed by atoms with E-state index in [1.807, 2.05) is 20.8 Å². The number of hydrogen-bond donors (Lipinski definition) is 3.